The third-order valence-corrected chi connectivity index (χ3v) is 15.7. The molecule has 8 N–H and O–H groups in total. The van der Waals surface area contributed by atoms with Gasteiger partial charge in [-0.15, -0.1) is 0 Å². The van der Waals surface area contributed by atoms with Crippen molar-refractivity contribution in [2.45, 2.75) is 358 Å². The van der Waals surface area contributed by atoms with Crippen LogP contribution in [0.1, 0.15) is 303 Å². The molecule has 1 aliphatic heterocycles. The van der Waals surface area contributed by atoms with Crippen molar-refractivity contribution in [2.75, 3.05) is 13.2 Å². The number of ether oxygens (including phenoxy) is 2. The van der Waals surface area contributed by atoms with E-state index >= 15 is 0 Å². The molecule has 76 heavy (non-hydrogen) atoms. The van der Waals surface area contributed by atoms with Gasteiger partial charge in [-0.05, 0) is 64.2 Å². The van der Waals surface area contributed by atoms with E-state index in [1.807, 2.05) is 0 Å². The quantitative estimate of drug-likeness (QED) is 0.0215. The Balaban J connectivity index is 2.29. The van der Waals surface area contributed by atoms with Gasteiger partial charge in [-0.25, -0.2) is 0 Å². The molecule has 11 heteroatoms. The van der Waals surface area contributed by atoms with Gasteiger partial charge in [0.1, 0.15) is 36.6 Å². The fraction of sp³-hybridized carbons (Fsp3) is 0.892. The second kappa shape index (κ2) is 53.9. The molecule has 1 rings (SSSR count). The number of unbranched alkanes of at least 4 members (excludes halogenated alkanes) is 38. The number of amides is 1. The van der Waals surface area contributed by atoms with Crippen LogP contribution < -0.4 is 5.32 Å². The number of carbonyl (C=O) groups is 1. The molecule has 1 fully saturated rings. The summed E-state index contributed by atoms with van der Waals surface area (Å²) in [5.41, 5.74) is 0. The minimum absolute atomic E-state index is 0.243. The lowest BCUT2D eigenvalue weighted by molar-refractivity contribution is -0.303. The van der Waals surface area contributed by atoms with Gasteiger partial charge in [0, 0.05) is 0 Å². The largest absolute Gasteiger partial charge is 0.394 e. The molecule has 9 atom stereocenters. The summed E-state index contributed by atoms with van der Waals surface area (Å²) in [5.74, 6) is -0.707. The van der Waals surface area contributed by atoms with Crippen LogP contribution in [0, 0.1) is 0 Å². The second-order valence-electron chi connectivity index (χ2n) is 22.8. The van der Waals surface area contributed by atoms with E-state index in [2.05, 4.69) is 55.6 Å². The summed E-state index contributed by atoms with van der Waals surface area (Å²) in [6, 6.07) is -1.19. The van der Waals surface area contributed by atoms with Crippen molar-refractivity contribution >= 4 is 5.91 Å². The SMILES string of the molecule is CCCCCCCCCCCCCCCC/C=C/CC/C=C/CC/C=C/CCCC(O)C(O)C(COC1OC(CO)C(O)C(O)C1O)NC(=O)C(O)CCCCCCCCCCCCCCCCCCCCCCCC. The smallest absolute Gasteiger partial charge is 0.249 e. The zero-order valence-electron chi connectivity index (χ0n) is 49.2. The van der Waals surface area contributed by atoms with Crippen molar-refractivity contribution < 1.29 is 50.0 Å². The molecule has 0 radical (unpaired) electrons. The van der Waals surface area contributed by atoms with Crippen LogP contribution in [0.3, 0.4) is 0 Å². The first-order valence-corrected chi connectivity index (χ1v) is 32.4. The predicted octanol–water partition coefficient (Wildman–Crippen LogP) is 14.6. The fourth-order valence-corrected chi connectivity index (χ4v) is 10.4. The Morgan fingerprint density at radius 2 is 0.789 bits per heavy atom. The van der Waals surface area contributed by atoms with Crippen LogP contribution in [-0.2, 0) is 14.3 Å². The molecule has 0 aromatic carbocycles. The Kier molecular flexibility index (Phi) is 51.3. The van der Waals surface area contributed by atoms with Crippen LogP contribution in [0.15, 0.2) is 36.5 Å². The van der Waals surface area contributed by atoms with Crippen molar-refractivity contribution in [3.63, 3.8) is 0 Å². The van der Waals surface area contributed by atoms with Crippen LogP contribution in [-0.4, -0.2) is 110 Å². The van der Waals surface area contributed by atoms with Crippen molar-refractivity contribution in [2.24, 2.45) is 0 Å². The van der Waals surface area contributed by atoms with Crippen LogP contribution in [0.25, 0.3) is 0 Å². The van der Waals surface area contributed by atoms with Gasteiger partial charge in [0.2, 0.25) is 5.91 Å². The van der Waals surface area contributed by atoms with Crippen molar-refractivity contribution in [1.29, 1.82) is 0 Å². The molecule has 1 heterocycles. The van der Waals surface area contributed by atoms with Crippen LogP contribution in [0.4, 0.5) is 0 Å². The van der Waals surface area contributed by atoms with Gasteiger partial charge < -0.3 is 50.5 Å². The third-order valence-electron chi connectivity index (χ3n) is 15.7. The Morgan fingerprint density at radius 3 is 1.17 bits per heavy atom. The summed E-state index contributed by atoms with van der Waals surface area (Å²) >= 11 is 0. The van der Waals surface area contributed by atoms with E-state index in [9.17, 15) is 40.5 Å². The van der Waals surface area contributed by atoms with Crippen LogP contribution >= 0.6 is 0 Å². The minimum Gasteiger partial charge on any atom is -0.394 e. The summed E-state index contributed by atoms with van der Waals surface area (Å²) in [4.78, 5) is 13.2. The molecule has 0 spiro atoms. The summed E-state index contributed by atoms with van der Waals surface area (Å²) in [6.45, 7) is 3.48. The number of rotatable bonds is 56. The van der Waals surface area contributed by atoms with E-state index < -0.39 is 74.2 Å². The summed E-state index contributed by atoms with van der Waals surface area (Å²) in [7, 11) is 0. The Hall–Kier alpha value is -1.67. The van der Waals surface area contributed by atoms with Gasteiger partial charge in [0.15, 0.2) is 6.29 Å². The molecule has 0 aromatic rings. The lowest BCUT2D eigenvalue weighted by Gasteiger charge is -2.40. The maximum atomic E-state index is 13.2. The van der Waals surface area contributed by atoms with E-state index in [1.165, 1.54) is 212 Å². The molecular weight excluding hydrogens is 955 g/mol. The predicted molar refractivity (Wildman–Crippen MR) is 316 cm³/mol. The number of aliphatic hydroxyl groups is 7. The highest BCUT2D eigenvalue weighted by atomic mass is 16.7. The normalized spacial score (nSPS) is 19.8. The number of hydrogen-bond acceptors (Lipinski definition) is 10. The lowest BCUT2D eigenvalue weighted by atomic mass is 9.98. The van der Waals surface area contributed by atoms with E-state index in [1.54, 1.807) is 0 Å². The average Bonchev–Trinajstić information content (AvgIpc) is 3.42. The first kappa shape index (κ1) is 72.3. The van der Waals surface area contributed by atoms with Gasteiger partial charge in [-0.3, -0.25) is 4.79 Å². The zero-order chi connectivity index (χ0) is 55.4. The minimum atomic E-state index is -1.67. The highest BCUT2D eigenvalue weighted by molar-refractivity contribution is 5.80. The Labute approximate surface area is 467 Å². The van der Waals surface area contributed by atoms with E-state index in [-0.39, 0.29) is 12.8 Å². The van der Waals surface area contributed by atoms with Gasteiger partial charge in [0.05, 0.1) is 25.4 Å². The number of nitrogens with one attached hydrogen (secondary N) is 1. The summed E-state index contributed by atoms with van der Waals surface area (Å²) < 4.78 is 11.2. The zero-order valence-corrected chi connectivity index (χ0v) is 49.2. The average molecular weight is 1080 g/mol. The fourth-order valence-electron chi connectivity index (χ4n) is 10.4. The maximum Gasteiger partial charge on any atom is 0.249 e. The molecule has 0 saturated carbocycles. The third kappa shape index (κ3) is 41.4. The summed E-state index contributed by atoms with van der Waals surface area (Å²) in [6.07, 6.45) is 56.4. The second-order valence-corrected chi connectivity index (χ2v) is 22.8. The molecule has 0 aliphatic carbocycles. The van der Waals surface area contributed by atoms with Gasteiger partial charge in [-0.1, -0.05) is 275 Å². The first-order chi connectivity index (χ1) is 37.2. The molecular formula is C65H123NO10. The molecule has 448 valence electrons. The Morgan fingerprint density at radius 1 is 0.447 bits per heavy atom. The number of hydrogen-bond donors (Lipinski definition) is 8. The molecule has 1 amide bonds. The lowest BCUT2D eigenvalue weighted by Crippen LogP contribution is -2.60. The molecule has 0 aromatic heterocycles. The van der Waals surface area contributed by atoms with E-state index in [4.69, 9.17) is 9.47 Å². The number of carbonyl (C=O) groups excluding carboxylic acids is 1. The number of aliphatic hydroxyl groups excluding tert-OH is 7. The van der Waals surface area contributed by atoms with Gasteiger partial charge in [0.25, 0.3) is 0 Å². The highest BCUT2D eigenvalue weighted by Crippen LogP contribution is 2.24. The van der Waals surface area contributed by atoms with Crippen molar-refractivity contribution in [3.05, 3.63) is 36.5 Å². The van der Waals surface area contributed by atoms with Gasteiger partial charge in [-0.2, -0.15) is 0 Å². The van der Waals surface area contributed by atoms with Gasteiger partial charge >= 0.3 is 0 Å². The number of allylic oxidation sites excluding steroid dienone is 6. The van der Waals surface area contributed by atoms with E-state index in [0.717, 1.165) is 44.9 Å². The Bertz CT molecular complexity index is 1330. The standard InChI is InChI=1S/C65H123NO10/c1-3-5-7-9-11-13-15-17-19-21-23-25-27-28-29-30-31-33-34-36-38-40-42-44-46-48-50-52-57(68)60(70)56(55-75-65-63(73)62(72)61(71)59(54-67)76-65)66-64(74)58(69)53-51-49-47-45-43-41-39-37-35-32-26-24-22-20-18-16-14-12-10-8-6-4-2/h30-31,36,38,44,46,56-63,65,67-73H,3-29,32-35,37,39-43,45,47-55H2,1-2H3,(H,66,74)/b31-30+,38-36+,46-44+. The van der Waals surface area contributed by atoms with Crippen molar-refractivity contribution in [1.82, 2.24) is 5.32 Å². The highest BCUT2D eigenvalue weighted by Gasteiger charge is 2.44. The van der Waals surface area contributed by atoms with Crippen LogP contribution in [0.2, 0.25) is 0 Å². The molecule has 9 unspecified atom stereocenters. The first-order valence-electron chi connectivity index (χ1n) is 32.4. The monoisotopic (exact) mass is 1080 g/mol. The summed E-state index contributed by atoms with van der Waals surface area (Å²) in [5, 5.41) is 76.3. The van der Waals surface area contributed by atoms with E-state index in [0.29, 0.717) is 19.3 Å². The molecule has 1 aliphatic rings. The maximum absolute atomic E-state index is 13.2. The van der Waals surface area contributed by atoms with Crippen LogP contribution in [0.5, 0.6) is 0 Å². The molecule has 1 saturated heterocycles. The molecule has 0 bridgehead atoms. The molecule has 11 nitrogen and oxygen atoms in total. The topological polar surface area (TPSA) is 189 Å². The van der Waals surface area contributed by atoms with Crippen molar-refractivity contribution in [3.8, 4) is 0 Å².